The minimum absolute atomic E-state index is 0.0106. The standard InChI is InChI=1S/C17H8Br4O5/c1-25-15-10(20)4-7(5-11(15)21)13-12(16(23)26-17(13)24)6-2-8(18)14(22)9(19)3-6/h2-5,22H,1H3. The van der Waals surface area contributed by atoms with Gasteiger partial charge in [-0.15, -0.1) is 0 Å². The van der Waals surface area contributed by atoms with Crippen LogP contribution in [-0.2, 0) is 14.3 Å². The van der Waals surface area contributed by atoms with Gasteiger partial charge in [0, 0.05) is 0 Å². The van der Waals surface area contributed by atoms with Crippen molar-refractivity contribution in [3.05, 3.63) is 53.3 Å². The molecule has 26 heavy (non-hydrogen) atoms. The van der Waals surface area contributed by atoms with Gasteiger partial charge in [0.1, 0.15) is 11.5 Å². The van der Waals surface area contributed by atoms with E-state index in [1.54, 1.807) is 24.3 Å². The molecular weight excluding hydrogens is 604 g/mol. The number of aromatic hydroxyl groups is 1. The number of ether oxygens (including phenoxy) is 2. The van der Waals surface area contributed by atoms with Gasteiger partial charge in [-0.05, 0) is 99.1 Å². The van der Waals surface area contributed by atoms with E-state index in [0.717, 1.165) is 0 Å². The number of methoxy groups -OCH3 is 1. The van der Waals surface area contributed by atoms with Gasteiger partial charge in [0.15, 0.2) is 0 Å². The van der Waals surface area contributed by atoms with Crippen molar-refractivity contribution < 1.29 is 24.2 Å². The van der Waals surface area contributed by atoms with Gasteiger partial charge in [-0.1, -0.05) is 0 Å². The summed E-state index contributed by atoms with van der Waals surface area (Å²) in [5, 5.41) is 9.89. The monoisotopic (exact) mass is 608 g/mol. The summed E-state index contributed by atoms with van der Waals surface area (Å²) in [7, 11) is 1.52. The van der Waals surface area contributed by atoms with E-state index in [1.165, 1.54) is 7.11 Å². The molecule has 0 fully saturated rings. The molecule has 0 radical (unpaired) electrons. The van der Waals surface area contributed by atoms with Crippen LogP contribution >= 0.6 is 63.7 Å². The number of hydrogen-bond donors (Lipinski definition) is 1. The largest absolute Gasteiger partial charge is 0.506 e. The van der Waals surface area contributed by atoms with E-state index < -0.39 is 11.9 Å². The van der Waals surface area contributed by atoms with Crippen molar-refractivity contribution in [3.8, 4) is 11.5 Å². The quantitative estimate of drug-likeness (QED) is 0.370. The summed E-state index contributed by atoms with van der Waals surface area (Å²) in [4.78, 5) is 24.7. The number of hydrogen-bond acceptors (Lipinski definition) is 5. The average Bonchev–Trinajstić information content (AvgIpc) is 2.86. The topological polar surface area (TPSA) is 72.8 Å². The predicted octanol–water partition coefficient (Wildman–Crippen LogP) is 5.45. The molecule has 1 aliphatic heterocycles. The van der Waals surface area contributed by atoms with Crippen LogP contribution in [0.4, 0.5) is 0 Å². The first kappa shape index (κ1) is 19.6. The minimum atomic E-state index is -0.752. The van der Waals surface area contributed by atoms with E-state index in [4.69, 9.17) is 9.47 Å². The Morgan fingerprint density at radius 1 is 0.808 bits per heavy atom. The SMILES string of the molecule is COc1c(Br)cc(C2=C(c3cc(Br)c(O)c(Br)c3)C(=O)OC2=O)cc1Br. The van der Waals surface area contributed by atoms with E-state index in [2.05, 4.69) is 63.7 Å². The Bertz CT molecular complexity index is 951. The first-order valence-corrected chi connectivity index (χ1v) is 10.1. The molecule has 0 spiro atoms. The molecule has 0 amide bonds. The van der Waals surface area contributed by atoms with Gasteiger partial charge < -0.3 is 14.6 Å². The van der Waals surface area contributed by atoms with Gasteiger partial charge in [0.25, 0.3) is 0 Å². The van der Waals surface area contributed by atoms with Crippen LogP contribution in [-0.4, -0.2) is 24.2 Å². The Morgan fingerprint density at radius 2 is 1.19 bits per heavy atom. The lowest BCUT2D eigenvalue weighted by Crippen LogP contribution is -2.02. The van der Waals surface area contributed by atoms with E-state index in [0.29, 0.717) is 34.8 Å². The van der Waals surface area contributed by atoms with Crippen LogP contribution in [0, 0.1) is 0 Å². The van der Waals surface area contributed by atoms with Crippen LogP contribution in [0.5, 0.6) is 11.5 Å². The van der Waals surface area contributed by atoms with E-state index in [9.17, 15) is 14.7 Å². The Labute approximate surface area is 181 Å². The number of phenolic OH excluding ortho intramolecular Hbond substituents is 1. The average molecular weight is 612 g/mol. The molecule has 134 valence electrons. The molecular formula is C17H8Br4O5. The van der Waals surface area contributed by atoms with E-state index >= 15 is 0 Å². The van der Waals surface area contributed by atoms with Crippen molar-refractivity contribution in [1.82, 2.24) is 0 Å². The van der Waals surface area contributed by atoms with Crippen LogP contribution in [0.3, 0.4) is 0 Å². The molecule has 2 aromatic rings. The molecule has 0 aliphatic carbocycles. The number of benzene rings is 2. The lowest BCUT2D eigenvalue weighted by Gasteiger charge is -2.10. The molecule has 1 aliphatic rings. The van der Waals surface area contributed by atoms with Gasteiger partial charge in [0.2, 0.25) is 0 Å². The van der Waals surface area contributed by atoms with Gasteiger partial charge in [0.05, 0.1) is 36.1 Å². The summed E-state index contributed by atoms with van der Waals surface area (Å²) in [6, 6.07) is 6.43. The van der Waals surface area contributed by atoms with Crippen molar-refractivity contribution in [2.45, 2.75) is 0 Å². The van der Waals surface area contributed by atoms with Gasteiger partial charge in [-0.3, -0.25) is 0 Å². The number of cyclic esters (lactones) is 2. The fourth-order valence-corrected chi connectivity index (χ4v) is 5.22. The first-order valence-electron chi connectivity index (χ1n) is 6.97. The van der Waals surface area contributed by atoms with Crippen LogP contribution < -0.4 is 4.74 Å². The molecule has 0 atom stereocenters. The van der Waals surface area contributed by atoms with Gasteiger partial charge >= 0.3 is 11.9 Å². The maximum absolute atomic E-state index is 12.3. The third kappa shape index (κ3) is 3.37. The number of phenols is 1. The minimum Gasteiger partial charge on any atom is -0.506 e. The third-order valence-electron chi connectivity index (χ3n) is 3.64. The summed E-state index contributed by atoms with van der Waals surface area (Å²) in [6.45, 7) is 0. The van der Waals surface area contributed by atoms with Crippen LogP contribution in [0.25, 0.3) is 11.1 Å². The highest BCUT2D eigenvalue weighted by molar-refractivity contribution is 9.11. The van der Waals surface area contributed by atoms with Crippen LogP contribution in [0.2, 0.25) is 0 Å². The highest BCUT2D eigenvalue weighted by Gasteiger charge is 2.36. The molecule has 0 aromatic heterocycles. The van der Waals surface area contributed by atoms with E-state index in [1.807, 2.05) is 0 Å². The smallest absolute Gasteiger partial charge is 0.347 e. The van der Waals surface area contributed by atoms with Crippen molar-refractivity contribution in [1.29, 1.82) is 0 Å². The Hall–Kier alpha value is -1.16. The summed E-state index contributed by atoms with van der Waals surface area (Å²) in [6.07, 6.45) is 0. The number of carbonyl (C=O) groups is 2. The zero-order valence-corrected chi connectivity index (χ0v) is 19.2. The molecule has 1 heterocycles. The second kappa shape index (κ2) is 7.46. The molecule has 5 nitrogen and oxygen atoms in total. The Balaban J connectivity index is 2.29. The maximum Gasteiger partial charge on any atom is 0.347 e. The van der Waals surface area contributed by atoms with Crippen molar-refractivity contribution in [3.63, 3.8) is 0 Å². The molecule has 9 heteroatoms. The van der Waals surface area contributed by atoms with Gasteiger partial charge in [-0.25, -0.2) is 9.59 Å². The summed E-state index contributed by atoms with van der Waals surface area (Å²) in [5.74, 6) is -0.945. The fraction of sp³-hybridized carbons (Fsp3) is 0.0588. The zero-order valence-electron chi connectivity index (χ0n) is 12.9. The Morgan fingerprint density at radius 3 is 1.58 bits per heavy atom. The molecule has 0 unspecified atom stereocenters. The lowest BCUT2D eigenvalue weighted by molar-refractivity contribution is -0.149. The summed E-state index contributed by atoms with van der Waals surface area (Å²) in [5.41, 5.74) is 1.15. The van der Waals surface area contributed by atoms with Crippen LogP contribution in [0.1, 0.15) is 11.1 Å². The predicted molar refractivity (Wildman–Crippen MR) is 110 cm³/mol. The second-order valence-corrected chi connectivity index (χ2v) is 8.61. The molecule has 2 aromatic carbocycles. The third-order valence-corrected chi connectivity index (χ3v) is 6.03. The highest BCUT2D eigenvalue weighted by Crippen LogP contribution is 2.42. The van der Waals surface area contributed by atoms with Crippen LogP contribution in [0.15, 0.2) is 42.2 Å². The summed E-state index contributed by atoms with van der Waals surface area (Å²) >= 11 is 13.2. The van der Waals surface area contributed by atoms with Crippen molar-refractivity contribution >= 4 is 86.8 Å². The fourth-order valence-electron chi connectivity index (χ4n) is 2.52. The zero-order chi connectivity index (χ0) is 19.2. The van der Waals surface area contributed by atoms with Crippen molar-refractivity contribution in [2.75, 3.05) is 7.11 Å². The molecule has 0 saturated heterocycles. The number of halogens is 4. The molecule has 3 rings (SSSR count). The molecule has 1 N–H and O–H groups in total. The normalized spacial score (nSPS) is 14.0. The molecule has 0 bridgehead atoms. The Kier molecular flexibility index (Phi) is 5.62. The number of esters is 2. The summed E-state index contributed by atoms with van der Waals surface area (Å²) < 4.78 is 12.1. The second-order valence-electron chi connectivity index (χ2n) is 5.19. The van der Waals surface area contributed by atoms with Crippen molar-refractivity contribution in [2.24, 2.45) is 0 Å². The lowest BCUT2D eigenvalue weighted by atomic mass is 9.96. The molecule has 0 saturated carbocycles. The van der Waals surface area contributed by atoms with Gasteiger partial charge in [-0.2, -0.15) is 0 Å². The first-order chi connectivity index (χ1) is 12.2. The number of rotatable bonds is 3. The van der Waals surface area contributed by atoms with E-state index in [-0.39, 0.29) is 16.9 Å². The highest BCUT2D eigenvalue weighted by atomic mass is 79.9. The number of carbonyl (C=O) groups excluding carboxylic acids is 2. The maximum atomic E-state index is 12.3.